The summed E-state index contributed by atoms with van der Waals surface area (Å²) in [6, 6.07) is 12.2. The number of hydrogen-bond acceptors (Lipinski definition) is 3. The maximum Gasteiger partial charge on any atom is 0.265 e. The lowest BCUT2D eigenvalue weighted by atomic mass is 10.2. The fourth-order valence-corrected chi connectivity index (χ4v) is 3.47. The molecule has 0 fully saturated rings. The molecule has 0 amide bonds. The van der Waals surface area contributed by atoms with Crippen LogP contribution in [0.5, 0.6) is 5.75 Å². The van der Waals surface area contributed by atoms with Crippen molar-refractivity contribution < 1.29 is 13.2 Å². The maximum atomic E-state index is 11.5. The van der Waals surface area contributed by atoms with E-state index in [1.54, 1.807) is 12.1 Å². The minimum atomic E-state index is -3.86. The Bertz CT molecular complexity index is 732. The molecule has 0 heterocycles. The topological polar surface area (TPSA) is 43.4 Å². The molecule has 106 valence electrons. The SMILES string of the molecule is O=S(=O)(Cl)c1cc(Br)ccc1OCc1ccccc1Br. The van der Waals surface area contributed by atoms with Gasteiger partial charge in [-0.3, -0.25) is 0 Å². The van der Waals surface area contributed by atoms with E-state index in [2.05, 4.69) is 31.9 Å². The molecule has 7 heteroatoms. The molecule has 0 spiro atoms. The molecule has 0 saturated heterocycles. The first-order chi connectivity index (χ1) is 9.38. The molecule has 0 saturated carbocycles. The molecule has 0 radical (unpaired) electrons. The predicted octanol–water partition coefficient (Wildman–Crippen LogP) is 4.72. The van der Waals surface area contributed by atoms with Crippen LogP contribution in [0, 0.1) is 0 Å². The van der Waals surface area contributed by atoms with Crippen LogP contribution in [0.1, 0.15) is 5.56 Å². The molecule has 0 unspecified atom stereocenters. The van der Waals surface area contributed by atoms with E-state index in [0.29, 0.717) is 4.47 Å². The van der Waals surface area contributed by atoms with Crippen molar-refractivity contribution in [1.82, 2.24) is 0 Å². The Hall–Kier alpha value is -0.560. The van der Waals surface area contributed by atoms with Crippen molar-refractivity contribution >= 4 is 51.6 Å². The second-order valence-electron chi connectivity index (χ2n) is 3.91. The average molecular weight is 441 g/mol. The lowest BCUT2D eigenvalue weighted by Crippen LogP contribution is -2.01. The van der Waals surface area contributed by atoms with Crippen molar-refractivity contribution in [2.24, 2.45) is 0 Å². The van der Waals surface area contributed by atoms with Crippen LogP contribution >= 0.6 is 42.5 Å². The first-order valence-electron chi connectivity index (χ1n) is 5.48. The van der Waals surface area contributed by atoms with Crippen molar-refractivity contribution in [3.05, 3.63) is 57.0 Å². The smallest absolute Gasteiger partial charge is 0.265 e. The highest BCUT2D eigenvalue weighted by molar-refractivity contribution is 9.10. The van der Waals surface area contributed by atoms with Crippen LogP contribution in [-0.2, 0) is 15.7 Å². The summed E-state index contributed by atoms with van der Waals surface area (Å²) in [5.41, 5.74) is 0.910. The van der Waals surface area contributed by atoms with Gasteiger partial charge in [0.15, 0.2) is 0 Å². The van der Waals surface area contributed by atoms with E-state index in [1.165, 1.54) is 6.07 Å². The predicted molar refractivity (Wildman–Crippen MR) is 85.7 cm³/mol. The highest BCUT2D eigenvalue weighted by Gasteiger charge is 2.17. The Balaban J connectivity index is 2.29. The third-order valence-corrected chi connectivity index (χ3v) is 5.12. The van der Waals surface area contributed by atoms with Gasteiger partial charge in [0.25, 0.3) is 9.05 Å². The molecule has 0 aromatic heterocycles. The molecule has 2 aromatic rings. The normalized spacial score (nSPS) is 11.3. The second kappa shape index (κ2) is 6.47. The first kappa shape index (κ1) is 15.8. The van der Waals surface area contributed by atoms with Gasteiger partial charge in [-0.05, 0) is 24.3 Å². The second-order valence-corrected chi connectivity index (χ2v) is 8.21. The minimum absolute atomic E-state index is 0.0550. The fourth-order valence-electron chi connectivity index (χ4n) is 1.56. The standard InChI is InChI=1S/C13H9Br2ClO3S/c14-10-5-6-12(13(7-10)20(16,17)18)19-8-9-3-1-2-4-11(9)15/h1-7H,8H2. The highest BCUT2D eigenvalue weighted by Crippen LogP contribution is 2.31. The maximum absolute atomic E-state index is 11.5. The zero-order chi connectivity index (χ0) is 14.8. The van der Waals surface area contributed by atoms with E-state index >= 15 is 0 Å². The van der Waals surface area contributed by atoms with Gasteiger partial charge in [-0.25, -0.2) is 8.42 Å². The van der Waals surface area contributed by atoms with Crippen molar-refractivity contribution in [3.63, 3.8) is 0 Å². The molecule has 0 N–H and O–H groups in total. The van der Waals surface area contributed by atoms with Gasteiger partial charge in [-0.15, -0.1) is 0 Å². The van der Waals surface area contributed by atoms with Crippen LogP contribution in [0.25, 0.3) is 0 Å². The lowest BCUT2D eigenvalue weighted by Gasteiger charge is -2.11. The molecule has 3 nitrogen and oxygen atoms in total. The van der Waals surface area contributed by atoms with Gasteiger partial charge in [0, 0.05) is 25.2 Å². The van der Waals surface area contributed by atoms with E-state index in [4.69, 9.17) is 15.4 Å². The summed E-state index contributed by atoms with van der Waals surface area (Å²) in [7, 11) is 1.55. The summed E-state index contributed by atoms with van der Waals surface area (Å²) in [5.74, 6) is 0.221. The van der Waals surface area contributed by atoms with E-state index in [-0.39, 0.29) is 17.3 Å². The summed E-state index contributed by atoms with van der Waals surface area (Å²) >= 11 is 6.62. The third kappa shape index (κ3) is 3.97. The van der Waals surface area contributed by atoms with Crippen LogP contribution in [0.3, 0.4) is 0 Å². The van der Waals surface area contributed by atoms with Crippen molar-refractivity contribution in [2.45, 2.75) is 11.5 Å². The number of halogens is 3. The van der Waals surface area contributed by atoms with Gasteiger partial charge in [-0.2, -0.15) is 0 Å². The summed E-state index contributed by atoms with van der Waals surface area (Å²) < 4.78 is 30.2. The van der Waals surface area contributed by atoms with Crippen molar-refractivity contribution in [3.8, 4) is 5.75 Å². The number of ether oxygens (including phenoxy) is 1. The zero-order valence-electron chi connectivity index (χ0n) is 10.0. The molecule has 0 bridgehead atoms. The summed E-state index contributed by atoms with van der Waals surface area (Å²) in [6.07, 6.45) is 0. The quantitative estimate of drug-likeness (QED) is 0.647. The van der Waals surface area contributed by atoms with Gasteiger partial charge < -0.3 is 4.74 Å². The first-order valence-corrected chi connectivity index (χ1v) is 9.38. The van der Waals surface area contributed by atoms with Crippen LogP contribution < -0.4 is 4.74 Å². The Morgan fingerprint density at radius 1 is 1.10 bits per heavy atom. The molecule has 20 heavy (non-hydrogen) atoms. The van der Waals surface area contributed by atoms with Gasteiger partial charge in [0.05, 0.1) is 0 Å². The largest absolute Gasteiger partial charge is 0.487 e. The van der Waals surface area contributed by atoms with Gasteiger partial charge in [0.2, 0.25) is 0 Å². The minimum Gasteiger partial charge on any atom is -0.487 e. The van der Waals surface area contributed by atoms with Crippen LogP contribution in [0.15, 0.2) is 56.3 Å². The highest BCUT2D eigenvalue weighted by atomic mass is 79.9. The zero-order valence-corrected chi connectivity index (χ0v) is 14.8. The molecule has 2 aromatic carbocycles. The molecule has 0 aliphatic rings. The van der Waals surface area contributed by atoms with Crippen molar-refractivity contribution in [2.75, 3.05) is 0 Å². The van der Waals surface area contributed by atoms with Crippen LogP contribution in [0.2, 0.25) is 0 Å². The molecular formula is C13H9Br2ClO3S. The van der Waals surface area contributed by atoms with E-state index in [9.17, 15) is 8.42 Å². The van der Waals surface area contributed by atoms with Crippen LogP contribution in [0.4, 0.5) is 0 Å². The Morgan fingerprint density at radius 2 is 1.80 bits per heavy atom. The summed E-state index contributed by atoms with van der Waals surface area (Å²) in [4.78, 5) is -0.0550. The fraction of sp³-hybridized carbons (Fsp3) is 0.0769. The van der Waals surface area contributed by atoms with Crippen molar-refractivity contribution in [1.29, 1.82) is 0 Å². The molecule has 0 aliphatic heterocycles. The van der Waals surface area contributed by atoms with Gasteiger partial charge in [-0.1, -0.05) is 50.1 Å². The number of rotatable bonds is 4. The Kier molecular flexibility index (Phi) is 5.12. The van der Waals surface area contributed by atoms with E-state index < -0.39 is 9.05 Å². The van der Waals surface area contributed by atoms with Crippen LogP contribution in [-0.4, -0.2) is 8.42 Å². The van der Waals surface area contributed by atoms with E-state index in [0.717, 1.165) is 10.0 Å². The summed E-state index contributed by atoms with van der Waals surface area (Å²) in [5, 5.41) is 0. The Labute approximate surface area is 138 Å². The Morgan fingerprint density at radius 3 is 2.45 bits per heavy atom. The monoisotopic (exact) mass is 438 g/mol. The van der Waals surface area contributed by atoms with E-state index in [1.807, 2.05) is 24.3 Å². The molecule has 2 rings (SSSR count). The average Bonchev–Trinajstić information content (AvgIpc) is 2.38. The lowest BCUT2D eigenvalue weighted by molar-refractivity contribution is 0.297. The number of benzene rings is 2. The number of hydrogen-bond donors (Lipinski definition) is 0. The van der Waals surface area contributed by atoms with Gasteiger partial charge >= 0.3 is 0 Å². The molecule has 0 aliphatic carbocycles. The third-order valence-electron chi connectivity index (χ3n) is 2.51. The van der Waals surface area contributed by atoms with Gasteiger partial charge in [0.1, 0.15) is 17.3 Å². The molecule has 0 atom stereocenters. The molecular weight excluding hydrogens is 431 g/mol. The summed E-state index contributed by atoms with van der Waals surface area (Å²) in [6.45, 7) is 0.239.